The van der Waals surface area contributed by atoms with Gasteiger partial charge in [-0.15, -0.1) is 0 Å². The summed E-state index contributed by atoms with van der Waals surface area (Å²) in [4.78, 5) is 56.0. The van der Waals surface area contributed by atoms with E-state index in [1.54, 1.807) is 43.3 Å². The van der Waals surface area contributed by atoms with Crippen molar-refractivity contribution in [2.24, 2.45) is 5.16 Å². The maximum absolute atomic E-state index is 13.2. The molecule has 10 nitrogen and oxygen atoms in total. The van der Waals surface area contributed by atoms with Gasteiger partial charge in [0.05, 0.1) is 17.8 Å². The Balaban J connectivity index is 1.40. The van der Waals surface area contributed by atoms with Crippen molar-refractivity contribution >= 4 is 40.1 Å². The van der Waals surface area contributed by atoms with Crippen LogP contribution in [0.25, 0.3) is 10.8 Å². The third-order valence-electron chi connectivity index (χ3n) is 6.96. The molecule has 41 heavy (non-hydrogen) atoms. The topological polar surface area (TPSA) is 143 Å². The number of carbonyl (C=O) groups is 4. The maximum atomic E-state index is 13.2. The van der Waals surface area contributed by atoms with Crippen molar-refractivity contribution in [3.05, 3.63) is 78.4 Å². The fourth-order valence-electron chi connectivity index (χ4n) is 4.53. The van der Waals surface area contributed by atoms with Gasteiger partial charge in [-0.2, -0.15) is 0 Å². The molecule has 0 saturated carbocycles. The summed E-state index contributed by atoms with van der Waals surface area (Å²) >= 11 is 0. The Morgan fingerprint density at radius 2 is 1.71 bits per heavy atom. The van der Waals surface area contributed by atoms with Crippen LogP contribution in [0.4, 0.5) is 0 Å². The third kappa shape index (κ3) is 7.47. The van der Waals surface area contributed by atoms with Gasteiger partial charge in [-0.25, -0.2) is 0 Å². The first-order valence-corrected chi connectivity index (χ1v) is 13.5. The second-order valence-corrected chi connectivity index (χ2v) is 10.1. The molecule has 214 valence electrons. The average Bonchev–Trinajstić information content (AvgIpc) is 3.39. The molecule has 0 radical (unpaired) electrons. The molecule has 2 amide bonds. The molecule has 0 saturated heterocycles. The highest BCUT2D eigenvalue weighted by Crippen LogP contribution is 2.27. The van der Waals surface area contributed by atoms with Gasteiger partial charge in [0.1, 0.15) is 12.4 Å². The van der Waals surface area contributed by atoms with Crippen LogP contribution in [0.15, 0.2) is 78.0 Å². The van der Waals surface area contributed by atoms with E-state index in [1.807, 2.05) is 36.4 Å². The minimum absolute atomic E-state index is 0.00621. The van der Waals surface area contributed by atoms with Gasteiger partial charge in [-0.05, 0) is 54.8 Å². The number of nitrogens with zero attached hydrogens (tertiary/aromatic N) is 1. The largest absolute Gasteiger partial charge is 0.486 e. The number of hydrogen-bond donors (Lipinski definition) is 3. The van der Waals surface area contributed by atoms with Crippen LogP contribution in [0.5, 0.6) is 5.75 Å². The number of para-hydroxylation sites is 1. The molecule has 3 N–H and O–H groups in total. The van der Waals surface area contributed by atoms with Crippen LogP contribution in [-0.4, -0.2) is 58.7 Å². The molecule has 10 heteroatoms. The number of nitrogens with one attached hydrogen (secondary N) is 2. The molecule has 1 unspecified atom stereocenters. The number of carboxylic acid groups (broad SMARTS) is 1. The number of aliphatic carboxylic acids is 1. The minimum atomic E-state index is -1.45. The molecule has 0 aliphatic carbocycles. The molecule has 4 rings (SSSR count). The zero-order valence-electron chi connectivity index (χ0n) is 23.0. The first-order valence-electron chi connectivity index (χ1n) is 13.5. The van der Waals surface area contributed by atoms with Crippen molar-refractivity contribution in [2.45, 2.75) is 57.2 Å². The van der Waals surface area contributed by atoms with Crippen LogP contribution >= 0.6 is 0 Å². The number of carbonyl (C=O) groups excluding carboxylic acids is 3. The van der Waals surface area contributed by atoms with Gasteiger partial charge in [-0.1, -0.05) is 60.6 Å². The SMILES string of the molecule is CC[C@H](NC(=O)C1(C)CC([C@H](CCC(=O)O)NC(=O)c2ccc3ccccc3c2)=NO1)C(=O)COc1ccccc1. The summed E-state index contributed by atoms with van der Waals surface area (Å²) in [5.74, 6) is -1.73. The van der Waals surface area contributed by atoms with E-state index in [9.17, 15) is 24.3 Å². The summed E-state index contributed by atoms with van der Waals surface area (Å²) in [6.07, 6.45) is 0.182. The number of carboxylic acids is 1. The van der Waals surface area contributed by atoms with E-state index in [0.717, 1.165) is 10.8 Å². The van der Waals surface area contributed by atoms with Crippen molar-refractivity contribution in [1.29, 1.82) is 0 Å². The van der Waals surface area contributed by atoms with Crippen molar-refractivity contribution in [1.82, 2.24) is 10.6 Å². The number of Topliss-reactive ketones (excluding diaryl/α,β-unsaturated/α-hetero) is 1. The molecular formula is C31H33N3O7. The zero-order chi connectivity index (χ0) is 29.4. The van der Waals surface area contributed by atoms with Crippen LogP contribution in [0.1, 0.15) is 49.9 Å². The summed E-state index contributed by atoms with van der Waals surface area (Å²) in [7, 11) is 0. The summed E-state index contributed by atoms with van der Waals surface area (Å²) in [6.45, 7) is 3.10. The van der Waals surface area contributed by atoms with Crippen LogP contribution in [-0.2, 0) is 19.2 Å². The Hall–Kier alpha value is -4.73. The number of hydrogen-bond acceptors (Lipinski definition) is 7. The molecule has 0 bridgehead atoms. The normalized spacial score (nSPS) is 17.6. The zero-order valence-corrected chi connectivity index (χ0v) is 23.0. The van der Waals surface area contributed by atoms with Crippen LogP contribution < -0.4 is 15.4 Å². The van der Waals surface area contributed by atoms with Gasteiger partial charge in [0.25, 0.3) is 11.8 Å². The Morgan fingerprint density at radius 3 is 2.41 bits per heavy atom. The highest BCUT2D eigenvalue weighted by molar-refractivity contribution is 6.04. The fraction of sp³-hybridized carbons (Fsp3) is 0.323. The molecule has 3 aromatic carbocycles. The maximum Gasteiger partial charge on any atom is 0.303 e. The van der Waals surface area contributed by atoms with Crippen molar-refractivity contribution < 1.29 is 33.9 Å². The average molecular weight is 560 g/mol. The predicted molar refractivity (Wildman–Crippen MR) is 153 cm³/mol. The lowest BCUT2D eigenvalue weighted by atomic mass is 9.92. The molecule has 0 aromatic heterocycles. The van der Waals surface area contributed by atoms with Crippen LogP contribution in [0.2, 0.25) is 0 Å². The monoisotopic (exact) mass is 559 g/mol. The van der Waals surface area contributed by atoms with E-state index < -0.39 is 35.5 Å². The lowest BCUT2D eigenvalue weighted by molar-refractivity contribution is -0.144. The van der Waals surface area contributed by atoms with Gasteiger partial charge in [-0.3, -0.25) is 19.2 Å². The highest BCUT2D eigenvalue weighted by Gasteiger charge is 2.45. The number of ketones is 1. The molecule has 1 aliphatic heterocycles. The molecule has 1 aliphatic rings. The van der Waals surface area contributed by atoms with E-state index in [2.05, 4.69) is 15.8 Å². The number of rotatable bonds is 13. The van der Waals surface area contributed by atoms with Gasteiger partial charge < -0.3 is 25.3 Å². The summed E-state index contributed by atoms with van der Waals surface area (Å²) < 4.78 is 5.53. The van der Waals surface area contributed by atoms with E-state index in [0.29, 0.717) is 23.4 Å². The predicted octanol–water partition coefficient (Wildman–Crippen LogP) is 3.88. The summed E-state index contributed by atoms with van der Waals surface area (Å²) in [6, 6.07) is 20.2. The number of oxime groups is 1. The smallest absolute Gasteiger partial charge is 0.303 e. The second-order valence-electron chi connectivity index (χ2n) is 10.1. The number of ether oxygens (including phenoxy) is 1. The first-order chi connectivity index (χ1) is 19.7. The van der Waals surface area contributed by atoms with Gasteiger partial charge in [0, 0.05) is 18.4 Å². The molecule has 1 heterocycles. The highest BCUT2D eigenvalue weighted by atomic mass is 16.7. The van der Waals surface area contributed by atoms with Gasteiger partial charge in [0.2, 0.25) is 5.60 Å². The van der Waals surface area contributed by atoms with E-state index >= 15 is 0 Å². The van der Waals surface area contributed by atoms with E-state index in [1.165, 1.54) is 6.92 Å². The Morgan fingerprint density at radius 1 is 1.00 bits per heavy atom. The quantitative estimate of drug-likeness (QED) is 0.288. The van der Waals surface area contributed by atoms with Gasteiger partial charge >= 0.3 is 5.97 Å². The summed E-state index contributed by atoms with van der Waals surface area (Å²) in [5.41, 5.74) is -0.700. The summed E-state index contributed by atoms with van der Waals surface area (Å²) in [5, 5.41) is 20.8. The van der Waals surface area contributed by atoms with Gasteiger partial charge in [0.15, 0.2) is 5.78 Å². The van der Waals surface area contributed by atoms with Crippen molar-refractivity contribution in [3.63, 3.8) is 0 Å². The molecule has 0 spiro atoms. The Kier molecular flexibility index (Phi) is 9.34. The Bertz CT molecular complexity index is 1460. The molecule has 0 fully saturated rings. The number of benzene rings is 3. The molecular weight excluding hydrogens is 526 g/mol. The minimum Gasteiger partial charge on any atom is -0.486 e. The molecule has 3 atom stereocenters. The van der Waals surface area contributed by atoms with Crippen LogP contribution in [0.3, 0.4) is 0 Å². The fourth-order valence-corrected chi connectivity index (χ4v) is 4.53. The third-order valence-corrected chi connectivity index (χ3v) is 6.96. The first kappa shape index (κ1) is 29.3. The van der Waals surface area contributed by atoms with Crippen molar-refractivity contribution in [3.8, 4) is 5.75 Å². The van der Waals surface area contributed by atoms with Crippen LogP contribution in [0, 0.1) is 0 Å². The Labute approximate surface area is 237 Å². The van der Waals surface area contributed by atoms with E-state index in [4.69, 9.17) is 9.57 Å². The van der Waals surface area contributed by atoms with E-state index in [-0.39, 0.29) is 31.7 Å². The second kappa shape index (κ2) is 13.1. The standard InChI is InChI=1S/C31H33N3O7/c1-3-24(27(35)19-40-23-11-5-4-6-12-23)33-30(39)31(2)18-26(34-41-31)25(15-16-28(36)37)32-29(38)22-14-13-20-9-7-8-10-21(20)17-22/h4-14,17,24-25H,3,15-16,18-19H2,1-2H3,(H,32,38)(H,33,39)(H,36,37)/t24-,25-,31?/m0/s1. The number of amides is 2. The lowest BCUT2D eigenvalue weighted by Gasteiger charge is -2.25. The van der Waals surface area contributed by atoms with Crippen molar-refractivity contribution in [2.75, 3.05) is 6.61 Å². The number of fused-ring (bicyclic) bond motifs is 1. The lowest BCUT2D eigenvalue weighted by Crippen LogP contribution is -2.52. The molecule has 3 aromatic rings.